The standard InChI is InChI=1S/C21H18FN5O/c1-26(2)15-8-10-16(11-9-15)27-24-19-12-7-14(13-20(19)25-27)23-21(28)17-5-3-4-6-18(17)22/h3-13H,1-2H3,(H,23,28). The largest absolute Gasteiger partial charge is 0.378 e. The number of hydrogen-bond acceptors (Lipinski definition) is 4. The summed E-state index contributed by atoms with van der Waals surface area (Å²) in [5.41, 5.74) is 3.75. The third-order valence-corrected chi connectivity index (χ3v) is 4.35. The summed E-state index contributed by atoms with van der Waals surface area (Å²) in [6.45, 7) is 0. The lowest BCUT2D eigenvalue weighted by molar-refractivity contribution is 0.102. The number of carbonyl (C=O) groups excluding carboxylic acids is 1. The molecule has 0 radical (unpaired) electrons. The number of nitrogens with one attached hydrogen (secondary N) is 1. The number of anilines is 2. The average molecular weight is 375 g/mol. The second-order valence-corrected chi connectivity index (χ2v) is 6.54. The van der Waals surface area contributed by atoms with Gasteiger partial charge in [-0.25, -0.2) is 4.39 Å². The summed E-state index contributed by atoms with van der Waals surface area (Å²) in [4.78, 5) is 15.9. The Hall–Kier alpha value is -3.74. The summed E-state index contributed by atoms with van der Waals surface area (Å²) in [5.74, 6) is -1.07. The molecule has 1 aromatic heterocycles. The van der Waals surface area contributed by atoms with Crippen molar-refractivity contribution in [2.24, 2.45) is 0 Å². The first-order valence-corrected chi connectivity index (χ1v) is 8.72. The SMILES string of the molecule is CN(C)c1ccc(-n2nc3ccc(NC(=O)c4ccccc4F)cc3n2)cc1. The number of aromatic nitrogens is 3. The third kappa shape index (κ3) is 3.42. The first-order chi connectivity index (χ1) is 13.5. The van der Waals surface area contributed by atoms with Gasteiger partial charge in [0.2, 0.25) is 0 Å². The Morgan fingerprint density at radius 2 is 1.68 bits per heavy atom. The molecule has 1 N–H and O–H groups in total. The van der Waals surface area contributed by atoms with Crippen molar-refractivity contribution in [2.75, 3.05) is 24.3 Å². The van der Waals surface area contributed by atoms with Crippen LogP contribution in [0.4, 0.5) is 15.8 Å². The Kier molecular flexibility index (Phi) is 4.49. The quantitative estimate of drug-likeness (QED) is 0.588. The van der Waals surface area contributed by atoms with E-state index in [2.05, 4.69) is 15.5 Å². The van der Waals surface area contributed by atoms with Crippen molar-refractivity contribution < 1.29 is 9.18 Å². The van der Waals surface area contributed by atoms with E-state index in [1.165, 1.54) is 12.1 Å². The molecule has 6 nitrogen and oxygen atoms in total. The number of hydrogen-bond donors (Lipinski definition) is 1. The zero-order chi connectivity index (χ0) is 19.7. The van der Waals surface area contributed by atoms with Crippen LogP contribution in [0.25, 0.3) is 16.7 Å². The fourth-order valence-corrected chi connectivity index (χ4v) is 2.84. The molecule has 0 spiro atoms. The molecule has 0 aliphatic rings. The predicted octanol–water partition coefficient (Wildman–Crippen LogP) is 3.88. The molecule has 0 aliphatic carbocycles. The van der Waals surface area contributed by atoms with Gasteiger partial charge in [-0.05, 0) is 54.6 Å². The van der Waals surface area contributed by atoms with Crippen LogP contribution in [-0.4, -0.2) is 35.0 Å². The summed E-state index contributed by atoms with van der Waals surface area (Å²) in [5, 5.41) is 11.7. The van der Waals surface area contributed by atoms with Crippen molar-refractivity contribution in [3.8, 4) is 5.69 Å². The van der Waals surface area contributed by atoms with Gasteiger partial charge < -0.3 is 10.2 Å². The highest BCUT2D eigenvalue weighted by molar-refractivity contribution is 6.05. The van der Waals surface area contributed by atoms with E-state index in [4.69, 9.17) is 0 Å². The van der Waals surface area contributed by atoms with Gasteiger partial charge in [0.05, 0.1) is 11.3 Å². The Morgan fingerprint density at radius 3 is 2.39 bits per heavy atom. The van der Waals surface area contributed by atoms with E-state index in [1.54, 1.807) is 35.1 Å². The first-order valence-electron chi connectivity index (χ1n) is 8.72. The lowest BCUT2D eigenvalue weighted by atomic mass is 10.2. The van der Waals surface area contributed by atoms with Gasteiger partial charge in [-0.15, -0.1) is 10.2 Å². The molecule has 0 aliphatic heterocycles. The van der Waals surface area contributed by atoms with Crippen molar-refractivity contribution in [3.63, 3.8) is 0 Å². The number of rotatable bonds is 4. The summed E-state index contributed by atoms with van der Waals surface area (Å²) in [7, 11) is 3.96. The number of amides is 1. The summed E-state index contributed by atoms with van der Waals surface area (Å²) < 4.78 is 13.8. The van der Waals surface area contributed by atoms with Gasteiger partial charge in [0, 0.05) is 25.5 Å². The number of nitrogens with zero attached hydrogens (tertiary/aromatic N) is 4. The Bertz CT molecular complexity index is 1150. The smallest absolute Gasteiger partial charge is 0.258 e. The highest BCUT2D eigenvalue weighted by atomic mass is 19.1. The molecular weight excluding hydrogens is 357 g/mol. The lowest BCUT2D eigenvalue weighted by Gasteiger charge is -2.12. The van der Waals surface area contributed by atoms with E-state index in [1.807, 2.05) is 43.3 Å². The van der Waals surface area contributed by atoms with E-state index in [-0.39, 0.29) is 5.56 Å². The molecule has 0 saturated carbocycles. The maximum atomic E-state index is 13.8. The molecule has 1 amide bonds. The van der Waals surface area contributed by atoms with Crippen LogP contribution < -0.4 is 10.2 Å². The van der Waals surface area contributed by atoms with E-state index < -0.39 is 11.7 Å². The number of carbonyl (C=O) groups is 1. The van der Waals surface area contributed by atoms with E-state index >= 15 is 0 Å². The molecule has 0 atom stereocenters. The fraction of sp³-hybridized carbons (Fsp3) is 0.0952. The van der Waals surface area contributed by atoms with E-state index in [0.717, 1.165) is 11.4 Å². The number of halogens is 1. The van der Waals surface area contributed by atoms with Gasteiger partial charge in [-0.1, -0.05) is 12.1 Å². The van der Waals surface area contributed by atoms with Gasteiger partial charge in [-0.2, -0.15) is 4.80 Å². The Morgan fingerprint density at radius 1 is 0.964 bits per heavy atom. The van der Waals surface area contributed by atoms with Crippen molar-refractivity contribution in [1.29, 1.82) is 0 Å². The lowest BCUT2D eigenvalue weighted by Crippen LogP contribution is -2.13. The van der Waals surface area contributed by atoms with Crippen LogP contribution >= 0.6 is 0 Å². The second kappa shape index (κ2) is 7.11. The first kappa shape index (κ1) is 17.7. The van der Waals surface area contributed by atoms with Gasteiger partial charge in [0.15, 0.2) is 0 Å². The maximum Gasteiger partial charge on any atom is 0.258 e. The number of fused-ring (bicyclic) bond motifs is 1. The summed E-state index contributed by atoms with van der Waals surface area (Å²) >= 11 is 0. The monoisotopic (exact) mass is 375 g/mol. The van der Waals surface area contributed by atoms with Gasteiger partial charge in [0.25, 0.3) is 5.91 Å². The molecule has 140 valence electrons. The second-order valence-electron chi connectivity index (χ2n) is 6.54. The molecule has 1 heterocycles. The molecule has 0 saturated heterocycles. The van der Waals surface area contributed by atoms with Crippen LogP contribution in [0.15, 0.2) is 66.7 Å². The Labute approximate surface area is 161 Å². The third-order valence-electron chi connectivity index (χ3n) is 4.35. The van der Waals surface area contributed by atoms with Crippen LogP contribution in [0.5, 0.6) is 0 Å². The molecule has 28 heavy (non-hydrogen) atoms. The van der Waals surface area contributed by atoms with Crippen LogP contribution in [0.2, 0.25) is 0 Å². The molecular formula is C21H18FN5O. The molecule has 4 aromatic rings. The minimum atomic E-state index is -0.562. The molecule has 3 aromatic carbocycles. The van der Waals surface area contributed by atoms with E-state index in [9.17, 15) is 9.18 Å². The van der Waals surface area contributed by atoms with Crippen molar-refractivity contribution in [1.82, 2.24) is 15.0 Å². The number of benzene rings is 3. The van der Waals surface area contributed by atoms with Gasteiger partial charge in [0.1, 0.15) is 16.9 Å². The zero-order valence-corrected chi connectivity index (χ0v) is 15.4. The minimum absolute atomic E-state index is 0.00719. The minimum Gasteiger partial charge on any atom is -0.378 e. The van der Waals surface area contributed by atoms with Crippen LogP contribution in [0, 0.1) is 5.82 Å². The van der Waals surface area contributed by atoms with Crippen molar-refractivity contribution in [3.05, 3.63) is 78.1 Å². The van der Waals surface area contributed by atoms with Crippen LogP contribution in [0.3, 0.4) is 0 Å². The molecule has 4 rings (SSSR count). The highest BCUT2D eigenvalue weighted by Gasteiger charge is 2.12. The van der Waals surface area contributed by atoms with Crippen molar-refractivity contribution >= 4 is 28.3 Å². The topological polar surface area (TPSA) is 63.1 Å². The summed E-state index contributed by atoms with van der Waals surface area (Å²) in [6.07, 6.45) is 0. The molecule has 0 fully saturated rings. The average Bonchev–Trinajstić information content (AvgIpc) is 3.11. The zero-order valence-electron chi connectivity index (χ0n) is 15.4. The predicted molar refractivity (Wildman–Crippen MR) is 108 cm³/mol. The highest BCUT2D eigenvalue weighted by Crippen LogP contribution is 2.20. The fourth-order valence-electron chi connectivity index (χ4n) is 2.84. The maximum absolute atomic E-state index is 13.8. The Balaban J connectivity index is 1.60. The summed E-state index contributed by atoms with van der Waals surface area (Å²) in [6, 6.07) is 18.9. The molecule has 7 heteroatoms. The van der Waals surface area contributed by atoms with Crippen LogP contribution in [0.1, 0.15) is 10.4 Å². The normalized spacial score (nSPS) is 10.8. The van der Waals surface area contributed by atoms with Gasteiger partial charge in [-0.3, -0.25) is 4.79 Å². The molecule has 0 unspecified atom stereocenters. The van der Waals surface area contributed by atoms with Gasteiger partial charge >= 0.3 is 0 Å². The van der Waals surface area contributed by atoms with Crippen molar-refractivity contribution in [2.45, 2.75) is 0 Å². The van der Waals surface area contributed by atoms with E-state index in [0.29, 0.717) is 16.7 Å². The van der Waals surface area contributed by atoms with Crippen LogP contribution in [-0.2, 0) is 0 Å². The molecule has 0 bridgehead atoms.